The number of carboxylic acids is 1. The van der Waals surface area contributed by atoms with Crippen LogP contribution in [0, 0.1) is 0 Å². The molecule has 1 rings (SSSR count). The maximum atomic E-state index is 12.0. The van der Waals surface area contributed by atoms with Gasteiger partial charge in [-0.05, 0) is 20.3 Å². The first-order valence-corrected chi connectivity index (χ1v) is 5.33. The smallest absolute Gasteiger partial charge is 0.326 e. The molecule has 0 fully saturated rings. The maximum absolute atomic E-state index is 12.0. The Morgan fingerprint density at radius 2 is 2.19 bits per heavy atom. The molecule has 0 bridgehead atoms. The molecule has 0 aromatic heterocycles. The summed E-state index contributed by atoms with van der Waals surface area (Å²) in [6, 6.07) is -1.01. The number of likely N-dealkylation sites (N-methyl/N-ethyl adjacent to an activating group) is 1. The molecule has 0 saturated carbocycles. The summed E-state index contributed by atoms with van der Waals surface area (Å²) < 4.78 is 0. The Morgan fingerprint density at radius 3 is 2.69 bits per heavy atom. The van der Waals surface area contributed by atoms with Crippen molar-refractivity contribution in [3.8, 4) is 0 Å². The second kappa shape index (κ2) is 5.01. The highest BCUT2D eigenvalue weighted by molar-refractivity contribution is 5.82. The van der Waals surface area contributed by atoms with Crippen LogP contribution in [-0.2, 0) is 4.79 Å². The summed E-state index contributed by atoms with van der Waals surface area (Å²) in [5, 5.41) is 8.83. The van der Waals surface area contributed by atoms with E-state index >= 15 is 0 Å². The van der Waals surface area contributed by atoms with Gasteiger partial charge in [-0.15, -0.1) is 0 Å². The van der Waals surface area contributed by atoms with Gasteiger partial charge in [0.2, 0.25) is 0 Å². The highest BCUT2D eigenvalue weighted by atomic mass is 16.4. The van der Waals surface area contributed by atoms with Crippen molar-refractivity contribution in [2.24, 2.45) is 0 Å². The molecule has 0 aromatic rings. The molecule has 5 nitrogen and oxygen atoms in total. The fraction of sp³-hybridized carbons (Fsp3) is 0.636. The van der Waals surface area contributed by atoms with Crippen molar-refractivity contribution in [3.05, 3.63) is 11.6 Å². The molecule has 0 spiro atoms. The molecule has 0 saturated heterocycles. The molecule has 5 heteroatoms. The van der Waals surface area contributed by atoms with Crippen molar-refractivity contribution in [2.75, 3.05) is 20.1 Å². The predicted octanol–water partition coefficient (Wildman–Crippen LogP) is 1.16. The summed E-state index contributed by atoms with van der Waals surface area (Å²) in [5.41, 5.74) is 1.15. The summed E-state index contributed by atoms with van der Waals surface area (Å²) in [6.07, 6.45) is 2.94. The minimum atomic E-state index is -0.986. The zero-order chi connectivity index (χ0) is 12.3. The highest BCUT2D eigenvalue weighted by Gasteiger charge is 2.26. The van der Waals surface area contributed by atoms with Gasteiger partial charge in [-0.25, -0.2) is 9.59 Å². The van der Waals surface area contributed by atoms with Crippen LogP contribution >= 0.6 is 0 Å². The average Bonchev–Trinajstić information content (AvgIpc) is 2.26. The molecular weight excluding hydrogens is 208 g/mol. The number of rotatable bonds is 2. The summed E-state index contributed by atoms with van der Waals surface area (Å²) >= 11 is 0. The van der Waals surface area contributed by atoms with Gasteiger partial charge in [0.05, 0.1) is 0 Å². The Kier molecular flexibility index (Phi) is 3.93. The van der Waals surface area contributed by atoms with E-state index in [9.17, 15) is 9.59 Å². The molecule has 0 radical (unpaired) electrons. The second-order valence-electron chi connectivity index (χ2n) is 4.17. The number of carbonyl (C=O) groups is 2. The molecule has 0 aliphatic carbocycles. The first-order valence-electron chi connectivity index (χ1n) is 5.33. The number of amides is 2. The topological polar surface area (TPSA) is 60.9 Å². The van der Waals surface area contributed by atoms with E-state index in [1.54, 1.807) is 4.90 Å². The Labute approximate surface area is 95.3 Å². The lowest BCUT2D eigenvalue weighted by Gasteiger charge is -2.32. The predicted molar refractivity (Wildman–Crippen MR) is 60.2 cm³/mol. The van der Waals surface area contributed by atoms with Gasteiger partial charge in [-0.1, -0.05) is 11.6 Å². The molecule has 1 N–H and O–H groups in total. The Hall–Kier alpha value is -1.52. The van der Waals surface area contributed by atoms with Gasteiger partial charge in [0.25, 0.3) is 0 Å². The lowest BCUT2D eigenvalue weighted by molar-refractivity contribution is -0.141. The standard InChI is InChI=1S/C11H18N2O3/c1-8-5-4-6-13(7-8)11(16)12(3)9(2)10(14)15/h5,9H,4,6-7H2,1-3H3,(H,14,15). The Morgan fingerprint density at radius 1 is 1.56 bits per heavy atom. The molecule has 1 aliphatic rings. The monoisotopic (exact) mass is 226 g/mol. The third-order valence-electron chi connectivity index (χ3n) is 2.84. The Bertz CT molecular complexity index is 321. The van der Waals surface area contributed by atoms with Gasteiger partial charge in [0.15, 0.2) is 0 Å². The first kappa shape index (κ1) is 12.5. The van der Waals surface area contributed by atoms with Crippen LogP contribution < -0.4 is 0 Å². The normalized spacial score (nSPS) is 17.7. The van der Waals surface area contributed by atoms with E-state index in [4.69, 9.17) is 5.11 Å². The number of nitrogens with zero attached hydrogens (tertiary/aromatic N) is 2. The quantitative estimate of drug-likeness (QED) is 0.719. The zero-order valence-electron chi connectivity index (χ0n) is 9.93. The van der Waals surface area contributed by atoms with Crippen LogP contribution in [0.3, 0.4) is 0 Å². The van der Waals surface area contributed by atoms with Crippen LogP contribution in [0.15, 0.2) is 11.6 Å². The highest BCUT2D eigenvalue weighted by Crippen LogP contribution is 2.11. The van der Waals surface area contributed by atoms with Gasteiger partial charge in [-0.3, -0.25) is 0 Å². The van der Waals surface area contributed by atoms with Gasteiger partial charge < -0.3 is 14.9 Å². The van der Waals surface area contributed by atoms with Crippen molar-refractivity contribution in [2.45, 2.75) is 26.3 Å². The number of hydrogen-bond donors (Lipinski definition) is 1. The molecule has 1 aliphatic heterocycles. The summed E-state index contributed by atoms with van der Waals surface area (Å²) in [5.74, 6) is -0.986. The molecule has 1 atom stereocenters. The largest absolute Gasteiger partial charge is 0.480 e. The van der Waals surface area contributed by atoms with E-state index in [1.807, 2.05) is 6.92 Å². The average molecular weight is 226 g/mol. The summed E-state index contributed by atoms with van der Waals surface area (Å²) in [4.78, 5) is 25.7. The fourth-order valence-electron chi connectivity index (χ4n) is 1.63. The van der Waals surface area contributed by atoms with Gasteiger partial charge in [0.1, 0.15) is 6.04 Å². The minimum absolute atomic E-state index is 0.220. The van der Waals surface area contributed by atoms with E-state index < -0.39 is 12.0 Å². The summed E-state index contributed by atoms with van der Waals surface area (Å²) in [6.45, 7) is 4.73. The van der Waals surface area contributed by atoms with Crippen LogP contribution in [0.4, 0.5) is 4.79 Å². The third-order valence-corrected chi connectivity index (χ3v) is 2.84. The van der Waals surface area contributed by atoms with E-state index in [1.165, 1.54) is 18.9 Å². The van der Waals surface area contributed by atoms with E-state index in [-0.39, 0.29) is 6.03 Å². The van der Waals surface area contributed by atoms with Crippen LogP contribution in [0.25, 0.3) is 0 Å². The van der Waals surface area contributed by atoms with Crippen molar-refractivity contribution in [1.29, 1.82) is 0 Å². The number of aliphatic carboxylic acids is 1. The number of carboxylic acid groups (broad SMARTS) is 1. The molecule has 1 heterocycles. The Balaban J connectivity index is 2.64. The number of carbonyl (C=O) groups excluding carboxylic acids is 1. The molecular formula is C11H18N2O3. The minimum Gasteiger partial charge on any atom is -0.480 e. The second-order valence-corrected chi connectivity index (χ2v) is 4.17. The SMILES string of the molecule is CC1=CCCN(C(=O)N(C)C(C)C(=O)O)C1. The lowest BCUT2D eigenvalue weighted by atomic mass is 10.1. The van der Waals surface area contributed by atoms with Crippen LogP contribution in [0.2, 0.25) is 0 Å². The number of hydrogen-bond acceptors (Lipinski definition) is 2. The van der Waals surface area contributed by atoms with Crippen LogP contribution in [0.1, 0.15) is 20.3 Å². The fourth-order valence-corrected chi connectivity index (χ4v) is 1.63. The van der Waals surface area contributed by atoms with Gasteiger partial charge >= 0.3 is 12.0 Å². The van der Waals surface area contributed by atoms with Crippen LogP contribution in [-0.4, -0.2) is 53.1 Å². The van der Waals surface area contributed by atoms with Gasteiger partial charge in [0, 0.05) is 20.1 Å². The lowest BCUT2D eigenvalue weighted by Crippen LogP contribution is -2.49. The first-order chi connectivity index (χ1) is 7.43. The zero-order valence-corrected chi connectivity index (χ0v) is 9.93. The van der Waals surface area contributed by atoms with E-state index in [0.29, 0.717) is 13.1 Å². The molecule has 2 amide bonds. The van der Waals surface area contributed by atoms with E-state index in [0.717, 1.165) is 12.0 Å². The van der Waals surface area contributed by atoms with Crippen molar-refractivity contribution < 1.29 is 14.7 Å². The maximum Gasteiger partial charge on any atom is 0.326 e. The van der Waals surface area contributed by atoms with Crippen LogP contribution in [0.5, 0.6) is 0 Å². The van der Waals surface area contributed by atoms with Crippen molar-refractivity contribution in [1.82, 2.24) is 9.80 Å². The molecule has 90 valence electrons. The molecule has 1 unspecified atom stereocenters. The van der Waals surface area contributed by atoms with Gasteiger partial charge in [-0.2, -0.15) is 0 Å². The summed E-state index contributed by atoms with van der Waals surface area (Å²) in [7, 11) is 1.52. The third kappa shape index (κ3) is 2.74. The van der Waals surface area contributed by atoms with E-state index in [2.05, 4.69) is 6.08 Å². The van der Waals surface area contributed by atoms with Crippen molar-refractivity contribution >= 4 is 12.0 Å². The molecule has 16 heavy (non-hydrogen) atoms. The number of urea groups is 1. The van der Waals surface area contributed by atoms with Crippen molar-refractivity contribution in [3.63, 3.8) is 0 Å². The molecule has 0 aromatic carbocycles.